The molecule has 2 N–H and O–H groups in total. The Labute approximate surface area is 111 Å². The van der Waals surface area contributed by atoms with Crippen LogP contribution in [0.3, 0.4) is 0 Å². The zero-order valence-electron chi connectivity index (χ0n) is 11.6. The summed E-state index contributed by atoms with van der Waals surface area (Å²) in [6.45, 7) is 10.5. The van der Waals surface area contributed by atoms with E-state index < -0.39 is 0 Å². The molecule has 0 radical (unpaired) electrons. The van der Waals surface area contributed by atoms with E-state index in [1.165, 1.54) is 16.7 Å². The van der Waals surface area contributed by atoms with Crippen LogP contribution in [-0.4, -0.2) is 0 Å². The standard InChI is InChI=1S/C17H23N/c1-13(2)17(10-11-18)15(4)14(3)12-16-8-6-5-7-9-16/h5-11,14H,1,12,18H2,2-4H3/b11-10-,17-15-. The first-order chi connectivity index (χ1) is 8.56. The molecule has 18 heavy (non-hydrogen) atoms. The summed E-state index contributed by atoms with van der Waals surface area (Å²) in [7, 11) is 0. The summed E-state index contributed by atoms with van der Waals surface area (Å²) >= 11 is 0. The lowest BCUT2D eigenvalue weighted by Crippen LogP contribution is -2.04. The van der Waals surface area contributed by atoms with Gasteiger partial charge in [0.1, 0.15) is 0 Å². The second kappa shape index (κ2) is 6.85. The monoisotopic (exact) mass is 241 g/mol. The van der Waals surface area contributed by atoms with Crippen molar-refractivity contribution < 1.29 is 0 Å². The molecule has 0 aliphatic heterocycles. The second-order valence-electron chi connectivity index (χ2n) is 4.83. The maximum atomic E-state index is 5.50. The average Bonchev–Trinajstić information content (AvgIpc) is 2.36. The van der Waals surface area contributed by atoms with E-state index in [0.717, 1.165) is 12.0 Å². The van der Waals surface area contributed by atoms with Crippen LogP contribution in [0.15, 0.2) is 65.9 Å². The van der Waals surface area contributed by atoms with Crippen molar-refractivity contribution in [2.45, 2.75) is 27.2 Å². The lowest BCUT2D eigenvalue weighted by Gasteiger charge is -2.16. The normalized spacial score (nSPS) is 14.4. The van der Waals surface area contributed by atoms with Crippen LogP contribution in [0.5, 0.6) is 0 Å². The van der Waals surface area contributed by atoms with E-state index in [1.54, 1.807) is 6.20 Å². The summed E-state index contributed by atoms with van der Waals surface area (Å²) in [5, 5.41) is 0. The van der Waals surface area contributed by atoms with Crippen molar-refractivity contribution in [2.24, 2.45) is 11.7 Å². The molecule has 1 heteroatoms. The minimum atomic E-state index is 0.482. The zero-order chi connectivity index (χ0) is 13.5. The first-order valence-corrected chi connectivity index (χ1v) is 6.35. The quantitative estimate of drug-likeness (QED) is 0.767. The van der Waals surface area contributed by atoms with Gasteiger partial charge < -0.3 is 5.73 Å². The number of hydrogen-bond acceptors (Lipinski definition) is 1. The smallest absolute Gasteiger partial charge is 0.00563 e. The molecule has 1 rings (SSSR count). The van der Waals surface area contributed by atoms with Crippen molar-refractivity contribution in [3.8, 4) is 0 Å². The van der Waals surface area contributed by atoms with Crippen LogP contribution in [-0.2, 0) is 6.42 Å². The van der Waals surface area contributed by atoms with Gasteiger partial charge in [0.05, 0.1) is 0 Å². The van der Waals surface area contributed by atoms with Crippen molar-refractivity contribution in [1.29, 1.82) is 0 Å². The third kappa shape index (κ3) is 3.92. The molecule has 0 amide bonds. The molecule has 0 saturated carbocycles. The van der Waals surface area contributed by atoms with E-state index >= 15 is 0 Å². The van der Waals surface area contributed by atoms with E-state index in [0.29, 0.717) is 5.92 Å². The highest BCUT2D eigenvalue weighted by Gasteiger charge is 2.10. The Balaban J connectivity index is 2.91. The molecule has 0 saturated heterocycles. The van der Waals surface area contributed by atoms with E-state index in [4.69, 9.17) is 5.73 Å². The Morgan fingerprint density at radius 3 is 2.39 bits per heavy atom. The molecular weight excluding hydrogens is 218 g/mol. The Bertz CT molecular complexity index is 452. The first kappa shape index (κ1) is 14.3. The van der Waals surface area contributed by atoms with Gasteiger partial charge in [-0.2, -0.15) is 0 Å². The first-order valence-electron chi connectivity index (χ1n) is 6.35. The molecule has 0 aromatic heterocycles. The Morgan fingerprint density at radius 2 is 1.89 bits per heavy atom. The van der Waals surface area contributed by atoms with Gasteiger partial charge in [-0.3, -0.25) is 0 Å². The van der Waals surface area contributed by atoms with Crippen molar-refractivity contribution in [1.82, 2.24) is 0 Å². The lowest BCUT2D eigenvalue weighted by atomic mass is 9.89. The van der Waals surface area contributed by atoms with Gasteiger partial charge >= 0.3 is 0 Å². The molecule has 0 aliphatic carbocycles. The predicted molar refractivity (Wildman–Crippen MR) is 80.2 cm³/mol. The van der Waals surface area contributed by atoms with Crippen molar-refractivity contribution in [3.63, 3.8) is 0 Å². The largest absolute Gasteiger partial charge is 0.405 e. The molecule has 1 aromatic rings. The number of allylic oxidation sites excluding steroid dienone is 4. The summed E-state index contributed by atoms with van der Waals surface area (Å²) < 4.78 is 0. The van der Waals surface area contributed by atoms with Crippen LogP contribution in [0.1, 0.15) is 26.3 Å². The predicted octanol–water partition coefficient (Wildman–Crippen LogP) is 4.23. The summed E-state index contributed by atoms with van der Waals surface area (Å²) in [4.78, 5) is 0. The molecule has 1 aromatic carbocycles. The molecule has 1 unspecified atom stereocenters. The Kier molecular flexibility index (Phi) is 5.44. The molecule has 96 valence electrons. The van der Waals surface area contributed by atoms with Crippen LogP contribution in [0, 0.1) is 5.92 Å². The van der Waals surface area contributed by atoms with Gasteiger partial charge in [-0.1, -0.05) is 55.0 Å². The number of hydrogen-bond donors (Lipinski definition) is 1. The van der Waals surface area contributed by atoms with E-state index in [9.17, 15) is 0 Å². The molecular formula is C17H23N. The number of benzene rings is 1. The minimum Gasteiger partial charge on any atom is -0.405 e. The maximum Gasteiger partial charge on any atom is -0.00563 e. The van der Waals surface area contributed by atoms with Gasteiger partial charge in [0.25, 0.3) is 0 Å². The van der Waals surface area contributed by atoms with Gasteiger partial charge in [-0.05, 0) is 49.6 Å². The van der Waals surface area contributed by atoms with Crippen molar-refractivity contribution in [3.05, 3.63) is 71.5 Å². The molecule has 0 fully saturated rings. The highest BCUT2D eigenvalue weighted by atomic mass is 14.5. The van der Waals surface area contributed by atoms with Gasteiger partial charge in [0, 0.05) is 0 Å². The van der Waals surface area contributed by atoms with E-state index in [2.05, 4.69) is 44.7 Å². The zero-order valence-corrected chi connectivity index (χ0v) is 11.6. The van der Waals surface area contributed by atoms with Gasteiger partial charge in [0.15, 0.2) is 0 Å². The summed E-state index contributed by atoms with van der Waals surface area (Å²) in [6, 6.07) is 10.6. The van der Waals surface area contributed by atoms with Crippen LogP contribution in [0.2, 0.25) is 0 Å². The fourth-order valence-corrected chi connectivity index (χ4v) is 2.09. The Morgan fingerprint density at radius 1 is 1.28 bits per heavy atom. The second-order valence-corrected chi connectivity index (χ2v) is 4.83. The topological polar surface area (TPSA) is 26.0 Å². The summed E-state index contributed by atoms with van der Waals surface area (Å²) in [5.74, 6) is 0.482. The molecule has 0 aliphatic rings. The highest BCUT2D eigenvalue weighted by Crippen LogP contribution is 2.23. The number of rotatable bonds is 5. The molecule has 0 bridgehead atoms. The van der Waals surface area contributed by atoms with Crippen LogP contribution >= 0.6 is 0 Å². The number of nitrogens with two attached hydrogens (primary N) is 1. The van der Waals surface area contributed by atoms with Crippen molar-refractivity contribution >= 4 is 0 Å². The Hall–Kier alpha value is -1.76. The third-order valence-electron chi connectivity index (χ3n) is 3.27. The summed E-state index contributed by atoms with van der Waals surface area (Å²) in [6.07, 6.45) is 4.57. The van der Waals surface area contributed by atoms with Gasteiger partial charge in [-0.15, -0.1) is 0 Å². The molecule has 0 heterocycles. The highest BCUT2D eigenvalue weighted by molar-refractivity contribution is 5.41. The fourth-order valence-electron chi connectivity index (χ4n) is 2.09. The third-order valence-corrected chi connectivity index (χ3v) is 3.27. The van der Waals surface area contributed by atoms with Gasteiger partial charge in [-0.25, -0.2) is 0 Å². The van der Waals surface area contributed by atoms with Gasteiger partial charge in [0.2, 0.25) is 0 Å². The average molecular weight is 241 g/mol. The fraction of sp³-hybridized carbons (Fsp3) is 0.294. The van der Waals surface area contributed by atoms with Crippen LogP contribution in [0.25, 0.3) is 0 Å². The molecule has 1 atom stereocenters. The van der Waals surface area contributed by atoms with Crippen LogP contribution < -0.4 is 5.73 Å². The minimum absolute atomic E-state index is 0.482. The van der Waals surface area contributed by atoms with Crippen molar-refractivity contribution in [2.75, 3.05) is 0 Å². The lowest BCUT2D eigenvalue weighted by molar-refractivity contribution is 0.673. The molecule has 1 nitrogen and oxygen atoms in total. The molecule has 0 spiro atoms. The maximum absolute atomic E-state index is 5.50. The van der Waals surface area contributed by atoms with E-state index in [1.807, 2.05) is 19.1 Å². The van der Waals surface area contributed by atoms with Crippen LogP contribution in [0.4, 0.5) is 0 Å². The van der Waals surface area contributed by atoms with E-state index in [-0.39, 0.29) is 0 Å². The summed E-state index contributed by atoms with van der Waals surface area (Å²) in [5.41, 5.74) is 10.4. The SMILES string of the molecule is C=C(C)C(/C=C\N)=C(/C)C(C)Cc1ccccc1.